The zero-order valence-corrected chi connectivity index (χ0v) is 17.8. The molecule has 1 heterocycles. The molecule has 1 aliphatic heterocycles. The average Bonchev–Trinajstić information content (AvgIpc) is 2.83. The third-order valence-electron chi connectivity index (χ3n) is 6.35. The number of rotatable bonds is 2. The summed E-state index contributed by atoms with van der Waals surface area (Å²) in [7, 11) is 0. The summed E-state index contributed by atoms with van der Waals surface area (Å²) in [6, 6.07) is 24.7. The van der Waals surface area contributed by atoms with E-state index in [1.807, 2.05) is 58.3 Å². The molecule has 0 aromatic heterocycles. The zero-order chi connectivity index (χ0) is 22.5. The molecule has 33 heavy (non-hydrogen) atoms. The van der Waals surface area contributed by atoms with Crippen LogP contribution in [0.3, 0.4) is 0 Å². The molecule has 4 aromatic carbocycles. The lowest BCUT2D eigenvalue weighted by Gasteiger charge is -2.40. The Labute approximate surface area is 190 Å². The SMILES string of the molecule is O=C1CCCc2ccc(N3c4ccc(F)cc4N(c4ccccc4)c4cc(F)ccc43)cc21. The second kappa shape index (κ2) is 7.55. The van der Waals surface area contributed by atoms with Crippen LogP contribution in [0.25, 0.3) is 0 Å². The van der Waals surface area contributed by atoms with Crippen molar-refractivity contribution in [3.8, 4) is 0 Å². The van der Waals surface area contributed by atoms with Crippen molar-refractivity contribution < 1.29 is 13.6 Å². The first-order valence-electron chi connectivity index (χ1n) is 11.0. The molecule has 0 amide bonds. The van der Waals surface area contributed by atoms with E-state index in [-0.39, 0.29) is 17.4 Å². The highest BCUT2D eigenvalue weighted by Gasteiger charge is 2.32. The van der Waals surface area contributed by atoms with Crippen LogP contribution in [0.1, 0.15) is 28.8 Å². The molecule has 0 unspecified atom stereocenters. The molecule has 0 radical (unpaired) electrons. The molecular weight excluding hydrogens is 418 g/mol. The van der Waals surface area contributed by atoms with Crippen LogP contribution in [0.2, 0.25) is 0 Å². The predicted octanol–water partition coefficient (Wildman–Crippen LogP) is 7.74. The fourth-order valence-electron chi connectivity index (χ4n) is 4.88. The number of halogens is 2. The molecule has 1 aliphatic carbocycles. The molecule has 0 atom stereocenters. The van der Waals surface area contributed by atoms with E-state index >= 15 is 0 Å². The summed E-state index contributed by atoms with van der Waals surface area (Å²) in [5, 5.41) is 0. The second-order valence-electron chi connectivity index (χ2n) is 8.39. The number of hydrogen-bond donors (Lipinski definition) is 0. The predicted molar refractivity (Wildman–Crippen MR) is 127 cm³/mol. The Bertz CT molecular complexity index is 1350. The van der Waals surface area contributed by atoms with E-state index in [0.29, 0.717) is 17.8 Å². The quantitative estimate of drug-likeness (QED) is 0.282. The van der Waals surface area contributed by atoms with E-state index in [1.54, 1.807) is 12.1 Å². The third kappa shape index (κ3) is 3.20. The van der Waals surface area contributed by atoms with E-state index in [1.165, 1.54) is 24.3 Å². The van der Waals surface area contributed by atoms with Crippen molar-refractivity contribution in [1.29, 1.82) is 0 Å². The molecule has 162 valence electrons. The maximum absolute atomic E-state index is 14.5. The Hall–Kier alpha value is -3.99. The van der Waals surface area contributed by atoms with Crippen LogP contribution in [-0.2, 0) is 6.42 Å². The number of hydrogen-bond acceptors (Lipinski definition) is 3. The average molecular weight is 438 g/mol. The van der Waals surface area contributed by atoms with Gasteiger partial charge in [-0.25, -0.2) is 8.78 Å². The number of para-hydroxylation sites is 1. The van der Waals surface area contributed by atoms with Crippen LogP contribution in [0, 0.1) is 11.6 Å². The van der Waals surface area contributed by atoms with Gasteiger partial charge in [0.1, 0.15) is 11.6 Å². The lowest BCUT2D eigenvalue weighted by Crippen LogP contribution is -2.24. The van der Waals surface area contributed by atoms with Crippen LogP contribution in [0.4, 0.5) is 42.9 Å². The standard InChI is InChI=1S/C28H20F2N2O/c29-19-10-13-24-26(15-19)31(21-6-2-1-3-7-21)27-16-20(30)11-14-25(27)32(24)22-12-9-18-5-4-8-28(33)23(18)17-22/h1-3,6-7,9-17H,4-5,8H2. The van der Waals surface area contributed by atoms with E-state index < -0.39 is 0 Å². The number of benzene rings is 4. The van der Waals surface area contributed by atoms with Crippen molar-refractivity contribution >= 4 is 39.9 Å². The van der Waals surface area contributed by atoms with Crippen LogP contribution in [-0.4, -0.2) is 5.78 Å². The lowest BCUT2D eigenvalue weighted by atomic mass is 9.90. The van der Waals surface area contributed by atoms with E-state index in [0.717, 1.165) is 46.7 Å². The largest absolute Gasteiger partial charge is 0.306 e. The van der Waals surface area contributed by atoms with Crippen molar-refractivity contribution in [2.24, 2.45) is 0 Å². The van der Waals surface area contributed by atoms with Gasteiger partial charge >= 0.3 is 0 Å². The highest BCUT2D eigenvalue weighted by atomic mass is 19.1. The van der Waals surface area contributed by atoms with Crippen LogP contribution < -0.4 is 9.80 Å². The molecule has 0 N–H and O–H groups in total. The Morgan fingerprint density at radius 3 is 1.91 bits per heavy atom. The van der Waals surface area contributed by atoms with Gasteiger partial charge in [0.25, 0.3) is 0 Å². The third-order valence-corrected chi connectivity index (χ3v) is 6.35. The molecule has 2 aliphatic rings. The maximum atomic E-state index is 14.5. The van der Waals surface area contributed by atoms with Crippen molar-refractivity contribution in [2.45, 2.75) is 19.3 Å². The summed E-state index contributed by atoms with van der Waals surface area (Å²) >= 11 is 0. The molecule has 6 rings (SSSR count). The second-order valence-corrected chi connectivity index (χ2v) is 8.39. The fourth-order valence-corrected chi connectivity index (χ4v) is 4.88. The summed E-state index contributed by atoms with van der Waals surface area (Å²) in [6.45, 7) is 0. The minimum Gasteiger partial charge on any atom is -0.306 e. The van der Waals surface area contributed by atoms with Crippen LogP contribution >= 0.6 is 0 Å². The number of nitrogens with zero attached hydrogens (tertiary/aromatic N) is 2. The highest BCUT2D eigenvalue weighted by molar-refractivity contribution is 6.03. The highest BCUT2D eigenvalue weighted by Crippen LogP contribution is 2.54. The van der Waals surface area contributed by atoms with Crippen LogP contribution in [0.15, 0.2) is 84.9 Å². The van der Waals surface area contributed by atoms with Crippen molar-refractivity contribution in [3.63, 3.8) is 0 Å². The zero-order valence-electron chi connectivity index (χ0n) is 17.8. The molecular formula is C28H20F2N2O. The van der Waals surface area contributed by atoms with Gasteiger partial charge < -0.3 is 9.80 Å². The normalized spacial score (nSPS) is 14.5. The monoisotopic (exact) mass is 438 g/mol. The number of carbonyl (C=O) groups is 1. The Morgan fingerprint density at radius 1 is 0.606 bits per heavy atom. The number of carbonyl (C=O) groups excluding carboxylic acids is 1. The fraction of sp³-hybridized carbons (Fsp3) is 0.107. The summed E-state index contributed by atoms with van der Waals surface area (Å²) < 4.78 is 29.0. The van der Waals surface area contributed by atoms with Gasteiger partial charge in [0, 0.05) is 35.5 Å². The van der Waals surface area contributed by atoms with Gasteiger partial charge in [-0.2, -0.15) is 0 Å². The van der Waals surface area contributed by atoms with E-state index in [2.05, 4.69) is 0 Å². The topological polar surface area (TPSA) is 23.6 Å². The van der Waals surface area contributed by atoms with Gasteiger partial charge in [0.15, 0.2) is 5.78 Å². The summed E-state index contributed by atoms with van der Waals surface area (Å²) in [5.41, 5.74) is 6.08. The van der Waals surface area contributed by atoms with Gasteiger partial charge in [0.05, 0.1) is 22.7 Å². The molecule has 4 aromatic rings. The van der Waals surface area contributed by atoms with Gasteiger partial charge in [-0.3, -0.25) is 4.79 Å². The van der Waals surface area contributed by atoms with Gasteiger partial charge in [-0.15, -0.1) is 0 Å². The Kier molecular flexibility index (Phi) is 4.50. The molecule has 5 heteroatoms. The first-order valence-corrected chi connectivity index (χ1v) is 11.0. The van der Waals surface area contributed by atoms with Crippen molar-refractivity contribution in [2.75, 3.05) is 9.80 Å². The number of fused-ring (bicyclic) bond motifs is 3. The molecule has 0 spiro atoms. The van der Waals surface area contributed by atoms with Gasteiger partial charge in [-0.1, -0.05) is 24.3 Å². The first kappa shape index (κ1) is 19.7. The molecule has 0 bridgehead atoms. The lowest BCUT2D eigenvalue weighted by molar-refractivity contribution is 0.0972. The summed E-state index contributed by atoms with van der Waals surface area (Å²) in [5.74, 6) is -0.620. The van der Waals surface area contributed by atoms with Crippen molar-refractivity contribution in [3.05, 3.63) is 108 Å². The first-order chi connectivity index (χ1) is 16.1. The smallest absolute Gasteiger partial charge is 0.163 e. The number of aryl methyl sites for hydroxylation is 1. The molecule has 0 fully saturated rings. The van der Waals surface area contributed by atoms with Gasteiger partial charge in [-0.05, 0) is 66.9 Å². The van der Waals surface area contributed by atoms with E-state index in [9.17, 15) is 13.6 Å². The minimum absolute atomic E-state index is 0.139. The van der Waals surface area contributed by atoms with Crippen molar-refractivity contribution in [1.82, 2.24) is 0 Å². The number of ketones is 1. The molecule has 0 saturated carbocycles. The summed E-state index contributed by atoms with van der Waals surface area (Å²) in [6.07, 6.45) is 2.29. The summed E-state index contributed by atoms with van der Waals surface area (Å²) in [4.78, 5) is 16.5. The van der Waals surface area contributed by atoms with E-state index in [4.69, 9.17) is 0 Å². The number of anilines is 6. The Morgan fingerprint density at radius 2 is 1.24 bits per heavy atom. The maximum Gasteiger partial charge on any atom is 0.163 e. The Balaban J connectivity index is 1.62. The molecule has 3 nitrogen and oxygen atoms in total. The van der Waals surface area contributed by atoms with Gasteiger partial charge in [0.2, 0.25) is 0 Å². The minimum atomic E-state index is -0.380. The molecule has 0 saturated heterocycles. The van der Waals surface area contributed by atoms with Crippen LogP contribution in [0.5, 0.6) is 0 Å². The number of Topliss-reactive ketones (excluding diaryl/α,β-unsaturated/α-hetero) is 1.